The molecular formula is C26H33N3O2. The van der Waals surface area contributed by atoms with Gasteiger partial charge in [-0.1, -0.05) is 58.4 Å². The highest BCUT2D eigenvalue weighted by atomic mass is 16.2. The molecule has 1 heterocycles. The zero-order valence-corrected chi connectivity index (χ0v) is 19.3. The van der Waals surface area contributed by atoms with Gasteiger partial charge < -0.3 is 4.90 Å². The minimum atomic E-state index is -0.329. The fourth-order valence-corrected chi connectivity index (χ4v) is 3.85. The summed E-state index contributed by atoms with van der Waals surface area (Å²) in [6, 6.07) is 15.1. The fraction of sp³-hybridized carbons (Fsp3) is 0.423. The summed E-state index contributed by atoms with van der Waals surface area (Å²) in [4.78, 5) is 33.4. The van der Waals surface area contributed by atoms with E-state index in [1.165, 1.54) is 5.56 Å². The normalized spacial score (nSPS) is 12.3. The predicted octanol–water partition coefficient (Wildman–Crippen LogP) is 5.29. The summed E-state index contributed by atoms with van der Waals surface area (Å²) in [5, 5.41) is 0.577. The fourth-order valence-electron chi connectivity index (χ4n) is 3.85. The van der Waals surface area contributed by atoms with Crippen LogP contribution >= 0.6 is 0 Å². The Balaban J connectivity index is 2.23. The number of amides is 1. The zero-order chi connectivity index (χ0) is 22.5. The molecule has 0 aliphatic carbocycles. The van der Waals surface area contributed by atoms with Gasteiger partial charge in [0, 0.05) is 12.5 Å². The molecule has 5 nitrogen and oxygen atoms in total. The summed E-state index contributed by atoms with van der Waals surface area (Å²) >= 11 is 0. The molecule has 0 aliphatic rings. The minimum Gasteiger partial charge on any atom is -0.333 e. The monoisotopic (exact) mass is 419 g/mol. The molecule has 1 atom stereocenters. The van der Waals surface area contributed by atoms with E-state index in [0.29, 0.717) is 23.3 Å². The van der Waals surface area contributed by atoms with Crippen molar-refractivity contribution in [1.29, 1.82) is 0 Å². The Morgan fingerprint density at radius 1 is 1.03 bits per heavy atom. The van der Waals surface area contributed by atoms with Crippen LogP contribution in [0.5, 0.6) is 0 Å². The Labute approximate surface area is 184 Å². The molecule has 0 bridgehead atoms. The molecule has 0 spiro atoms. The van der Waals surface area contributed by atoms with Crippen LogP contribution in [0.1, 0.15) is 64.9 Å². The first kappa shape index (κ1) is 22.7. The first-order valence-electron chi connectivity index (χ1n) is 11.3. The molecule has 0 saturated carbocycles. The molecule has 3 aromatic rings. The number of aromatic nitrogens is 2. The number of carbonyl (C=O) groups excluding carboxylic acids is 1. The number of rotatable bonds is 8. The van der Waals surface area contributed by atoms with E-state index in [-0.39, 0.29) is 23.4 Å². The second kappa shape index (κ2) is 9.90. The summed E-state index contributed by atoms with van der Waals surface area (Å²) in [5.74, 6) is 0.554. The van der Waals surface area contributed by atoms with Gasteiger partial charge in [0.1, 0.15) is 5.82 Å². The standard InChI is InChI=1S/C26H33N3O2/c1-6-8-17-28(25(30)18(3)4)19(5)24-27-23-12-10-9-11-22(23)26(31)29(24)21-15-13-20(7-2)14-16-21/h9-16,18-19H,6-8,17H2,1-5H3. The van der Waals surface area contributed by atoms with Gasteiger partial charge in [-0.05, 0) is 49.6 Å². The first-order valence-corrected chi connectivity index (χ1v) is 11.3. The lowest BCUT2D eigenvalue weighted by Gasteiger charge is -2.32. The Hall–Kier alpha value is -2.95. The van der Waals surface area contributed by atoms with Crippen molar-refractivity contribution in [3.05, 3.63) is 70.3 Å². The number of hydrogen-bond acceptors (Lipinski definition) is 3. The van der Waals surface area contributed by atoms with Crippen LogP contribution in [-0.2, 0) is 11.2 Å². The molecular weight excluding hydrogens is 386 g/mol. The van der Waals surface area contributed by atoms with E-state index in [0.717, 1.165) is 24.9 Å². The summed E-state index contributed by atoms with van der Waals surface area (Å²) in [6.07, 6.45) is 2.83. The summed E-state index contributed by atoms with van der Waals surface area (Å²) in [6.45, 7) is 10.7. The Kier molecular flexibility index (Phi) is 7.26. The molecule has 2 aromatic carbocycles. The highest BCUT2D eigenvalue weighted by Crippen LogP contribution is 2.25. The van der Waals surface area contributed by atoms with Crippen LogP contribution < -0.4 is 5.56 Å². The maximum Gasteiger partial charge on any atom is 0.266 e. The quantitative estimate of drug-likeness (QED) is 0.498. The molecule has 3 rings (SSSR count). The van der Waals surface area contributed by atoms with Crippen molar-refractivity contribution in [2.24, 2.45) is 5.92 Å². The van der Waals surface area contributed by atoms with Crippen LogP contribution in [0.2, 0.25) is 0 Å². The maximum absolute atomic E-state index is 13.6. The van der Waals surface area contributed by atoms with Crippen LogP contribution in [0.4, 0.5) is 0 Å². The average Bonchev–Trinajstić information content (AvgIpc) is 2.79. The number of carbonyl (C=O) groups is 1. The van der Waals surface area contributed by atoms with Gasteiger partial charge in [-0.25, -0.2) is 4.98 Å². The van der Waals surface area contributed by atoms with Gasteiger partial charge in [0.15, 0.2) is 0 Å². The number of benzene rings is 2. The molecule has 0 N–H and O–H groups in total. The highest BCUT2D eigenvalue weighted by Gasteiger charge is 2.27. The number of aryl methyl sites for hydroxylation is 1. The van der Waals surface area contributed by atoms with Crippen molar-refractivity contribution in [2.45, 2.75) is 59.9 Å². The molecule has 164 valence electrons. The average molecular weight is 420 g/mol. The van der Waals surface area contributed by atoms with Crippen LogP contribution in [0, 0.1) is 5.92 Å². The number of unbranched alkanes of at least 4 members (excludes halogenated alkanes) is 1. The van der Waals surface area contributed by atoms with Crippen molar-refractivity contribution in [3.8, 4) is 5.69 Å². The smallest absolute Gasteiger partial charge is 0.266 e. The van der Waals surface area contributed by atoms with Crippen LogP contribution in [0.15, 0.2) is 53.3 Å². The lowest BCUT2D eigenvalue weighted by molar-refractivity contribution is -0.137. The molecule has 1 unspecified atom stereocenters. The minimum absolute atomic E-state index is 0.0799. The maximum atomic E-state index is 13.6. The Morgan fingerprint density at radius 2 is 1.71 bits per heavy atom. The van der Waals surface area contributed by atoms with E-state index in [2.05, 4.69) is 13.8 Å². The lowest BCUT2D eigenvalue weighted by Crippen LogP contribution is -2.40. The van der Waals surface area contributed by atoms with Crippen LogP contribution in [0.25, 0.3) is 16.6 Å². The van der Waals surface area contributed by atoms with E-state index < -0.39 is 0 Å². The first-order chi connectivity index (χ1) is 14.9. The largest absolute Gasteiger partial charge is 0.333 e. The van der Waals surface area contributed by atoms with Gasteiger partial charge in [-0.2, -0.15) is 0 Å². The van der Waals surface area contributed by atoms with Crippen molar-refractivity contribution in [3.63, 3.8) is 0 Å². The van der Waals surface area contributed by atoms with Crippen LogP contribution in [-0.4, -0.2) is 26.9 Å². The number of hydrogen-bond donors (Lipinski definition) is 0. The third-order valence-corrected chi connectivity index (χ3v) is 5.78. The molecule has 5 heteroatoms. The zero-order valence-electron chi connectivity index (χ0n) is 19.3. The number of para-hydroxylation sites is 1. The number of fused-ring (bicyclic) bond motifs is 1. The summed E-state index contributed by atoms with van der Waals surface area (Å²) < 4.78 is 1.68. The topological polar surface area (TPSA) is 55.2 Å². The molecule has 0 fully saturated rings. The van der Waals surface area contributed by atoms with E-state index in [1.54, 1.807) is 4.57 Å². The third kappa shape index (κ3) is 4.71. The second-order valence-corrected chi connectivity index (χ2v) is 8.36. The molecule has 1 amide bonds. The van der Waals surface area contributed by atoms with Crippen molar-refractivity contribution < 1.29 is 4.79 Å². The van der Waals surface area contributed by atoms with Crippen molar-refractivity contribution in [1.82, 2.24) is 14.5 Å². The lowest BCUT2D eigenvalue weighted by atomic mass is 10.1. The van der Waals surface area contributed by atoms with Gasteiger partial charge in [0.25, 0.3) is 5.56 Å². The van der Waals surface area contributed by atoms with Crippen molar-refractivity contribution in [2.75, 3.05) is 6.54 Å². The van der Waals surface area contributed by atoms with E-state index in [9.17, 15) is 9.59 Å². The predicted molar refractivity (Wildman–Crippen MR) is 127 cm³/mol. The van der Waals surface area contributed by atoms with Gasteiger partial charge >= 0.3 is 0 Å². The van der Waals surface area contributed by atoms with Gasteiger partial charge in [-0.15, -0.1) is 0 Å². The van der Waals surface area contributed by atoms with Crippen LogP contribution in [0.3, 0.4) is 0 Å². The summed E-state index contributed by atoms with van der Waals surface area (Å²) in [5.41, 5.74) is 2.53. The van der Waals surface area contributed by atoms with Gasteiger partial charge in [0.05, 0.1) is 22.6 Å². The van der Waals surface area contributed by atoms with Crippen molar-refractivity contribution >= 4 is 16.8 Å². The molecule has 0 radical (unpaired) electrons. The molecule has 0 saturated heterocycles. The second-order valence-electron chi connectivity index (χ2n) is 8.36. The Bertz CT molecular complexity index is 1100. The van der Waals surface area contributed by atoms with E-state index >= 15 is 0 Å². The van der Waals surface area contributed by atoms with E-state index in [4.69, 9.17) is 4.98 Å². The van der Waals surface area contributed by atoms with E-state index in [1.807, 2.05) is 74.2 Å². The SMILES string of the molecule is CCCCN(C(=O)C(C)C)C(C)c1nc2ccccc2c(=O)n1-c1ccc(CC)cc1. The molecule has 1 aromatic heterocycles. The Morgan fingerprint density at radius 3 is 2.32 bits per heavy atom. The third-order valence-electron chi connectivity index (χ3n) is 5.78. The number of nitrogens with zero attached hydrogens (tertiary/aromatic N) is 3. The summed E-state index contributed by atoms with van der Waals surface area (Å²) in [7, 11) is 0. The van der Waals surface area contributed by atoms with Gasteiger partial charge in [0.2, 0.25) is 5.91 Å². The molecule has 0 aliphatic heterocycles. The molecule has 31 heavy (non-hydrogen) atoms. The van der Waals surface area contributed by atoms with Gasteiger partial charge in [-0.3, -0.25) is 14.2 Å². The highest BCUT2D eigenvalue weighted by molar-refractivity contribution is 5.79.